The summed E-state index contributed by atoms with van der Waals surface area (Å²) in [6.45, 7) is 0. The number of hydrogen-bond donors (Lipinski definition) is 1. The zero-order valence-corrected chi connectivity index (χ0v) is 14.5. The van der Waals surface area contributed by atoms with Crippen LogP contribution in [0.5, 0.6) is 0 Å². The highest BCUT2D eigenvalue weighted by Crippen LogP contribution is 2.27. The van der Waals surface area contributed by atoms with Gasteiger partial charge >= 0.3 is 0 Å². The molecule has 0 saturated carbocycles. The lowest BCUT2D eigenvalue weighted by atomic mass is 10.2. The van der Waals surface area contributed by atoms with E-state index in [2.05, 4.69) is 21.2 Å². The van der Waals surface area contributed by atoms with Crippen molar-refractivity contribution in [2.75, 3.05) is 5.32 Å². The van der Waals surface area contributed by atoms with Gasteiger partial charge in [-0.3, -0.25) is 14.9 Å². The van der Waals surface area contributed by atoms with Crippen molar-refractivity contribution in [3.05, 3.63) is 72.7 Å². The highest BCUT2D eigenvalue weighted by Gasteiger charge is 2.10. The molecule has 8 heteroatoms. The van der Waals surface area contributed by atoms with Crippen LogP contribution in [-0.2, 0) is 4.79 Å². The van der Waals surface area contributed by atoms with E-state index in [0.29, 0.717) is 25.8 Å². The monoisotopic (exact) mass is 414 g/mol. The van der Waals surface area contributed by atoms with Gasteiger partial charge in [0.15, 0.2) is 0 Å². The average Bonchev–Trinajstić information content (AvgIpc) is 2.48. The maximum Gasteiger partial charge on any atom is 0.270 e. The summed E-state index contributed by atoms with van der Waals surface area (Å²) in [5, 5.41) is 14.2. The van der Waals surface area contributed by atoms with Crippen molar-refractivity contribution in [3.63, 3.8) is 0 Å². The minimum Gasteiger partial charge on any atom is -0.321 e. The highest BCUT2D eigenvalue weighted by atomic mass is 79.9. The van der Waals surface area contributed by atoms with Crippen LogP contribution >= 0.6 is 39.1 Å². The van der Waals surface area contributed by atoms with Crippen LogP contribution in [0.15, 0.2) is 46.9 Å². The van der Waals surface area contributed by atoms with Crippen LogP contribution < -0.4 is 5.32 Å². The van der Waals surface area contributed by atoms with Gasteiger partial charge in [0.1, 0.15) is 0 Å². The molecule has 0 aliphatic rings. The SMILES string of the molecule is O=C(/C=C/c1ccc(Cl)cc1Cl)Nc1ccc([N+](=O)[O-])cc1Br. The molecule has 0 unspecified atom stereocenters. The minimum absolute atomic E-state index is 0.0710. The Hall–Kier alpha value is -1.89. The first-order chi connectivity index (χ1) is 10.9. The second-order valence-electron chi connectivity index (χ2n) is 4.41. The number of rotatable bonds is 4. The van der Waals surface area contributed by atoms with Crippen molar-refractivity contribution < 1.29 is 9.72 Å². The van der Waals surface area contributed by atoms with Gasteiger partial charge in [-0.15, -0.1) is 0 Å². The van der Waals surface area contributed by atoms with Gasteiger partial charge in [-0.1, -0.05) is 29.3 Å². The van der Waals surface area contributed by atoms with E-state index in [1.165, 1.54) is 24.3 Å². The number of non-ortho nitro benzene ring substituents is 1. The maximum absolute atomic E-state index is 11.9. The average molecular weight is 416 g/mol. The molecule has 1 amide bonds. The van der Waals surface area contributed by atoms with Crippen LogP contribution in [-0.4, -0.2) is 10.8 Å². The molecule has 0 atom stereocenters. The Balaban J connectivity index is 2.10. The molecule has 0 aromatic heterocycles. The number of halogens is 3. The summed E-state index contributed by atoms with van der Waals surface area (Å²) < 4.78 is 0.415. The van der Waals surface area contributed by atoms with Crippen molar-refractivity contribution in [1.29, 1.82) is 0 Å². The van der Waals surface area contributed by atoms with Crippen LogP contribution in [0.3, 0.4) is 0 Å². The second-order valence-corrected chi connectivity index (χ2v) is 6.11. The van der Waals surface area contributed by atoms with Gasteiger partial charge in [-0.05, 0) is 45.8 Å². The summed E-state index contributed by atoms with van der Waals surface area (Å²) in [4.78, 5) is 22.1. The Bertz CT molecular complexity index is 809. The second kappa shape index (κ2) is 7.59. The van der Waals surface area contributed by atoms with E-state index in [1.54, 1.807) is 24.3 Å². The third-order valence-corrected chi connectivity index (χ3v) is 4.02. The topological polar surface area (TPSA) is 72.2 Å². The standard InChI is InChI=1S/C15H9BrCl2N2O3/c16-12-8-11(20(22)23)4-5-14(12)19-15(21)6-2-9-1-3-10(17)7-13(9)18/h1-8H,(H,19,21)/b6-2+. The van der Waals surface area contributed by atoms with Gasteiger partial charge < -0.3 is 5.32 Å². The predicted molar refractivity (Wildman–Crippen MR) is 94.9 cm³/mol. The van der Waals surface area contributed by atoms with E-state index in [-0.39, 0.29) is 5.69 Å². The molecule has 0 spiro atoms. The molecule has 5 nitrogen and oxygen atoms in total. The summed E-state index contributed by atoms with van der Waals surface area (Å²) in [5.41, 5.74) is 1.000. The molecule has 0 bridgehead atoms. The molecule has 0 heterocycles. The first kappa shape index (κ1) is 17.5. The molecule has 118 valence electrons. The Morgan fingerprint density at radius 2 is 1.96 bits per heavy atom. The maximum atomic E-state index is 11.9. The van der Waals surface area contributed by atoms with Crippen molar-refractivity contribution in [2.24, 2.45) is 0 Å². The van der Waals surface area contributed by atoms with Crippen molar-refractivity contribution >= 4 is 62.5 Å². The Morgan fingerprint density at radius 3 is 2.57 bits per heavy atom. The van der Waals surface area contributed by atoms with Gasteiger partial charge in [0.05, 0.1) is 10.6 Å². The van der Waals surface area contributed by atoms with E-state index in [4.69, 9.17) is 23.2 Å². The number of carbonyl (C=O) groups is 1. The first-order valence-electron chi connectivity index (χ1n) is 6.25. The molecule has 2 aromatic carbocycles. The van der Waals surface area contributed by atoms with Crippen LogP contribution in [0.4, 0.5) is 11.4 Å². The lowest BCUT2D eigenvalue weighted by molar-refractivity contribution is -0.384. The van der Waals surface area contributed by atoms with Crippen LogP contribution in [0.25, 0.3) is 6.08 Å². The van der Waals surface area contributed by atoms with Gasteiger partial charge in [0.2, 0.25) is 5.91 Å². The third kappa shape index (κ3) is 4.79. The van der Waals surface area contributed by atoms with Gasteiger partial charge in [-0.25, -0.2) is 0 Å². The van der Waals surface area contributed by atoms with E-state index in [0.717, 1.165) is 0 Å². The van der Waals surface area contributed by atoms with Crippen molar-refractivity contribution in [3.8, 4) is 0 Å². The fraction of sp³-hybridized carbons (Fsp3) is 0. The lowest BCUT2D eigenvalue weighted by Gasteiger charge is -2.05. The van der Waals surface area contributed by atoms with Crippen molar-refractivity contribution in [2.45, 2.75) is 0 Å². The van der Waals surface area contributed by atoms with E-state index >= 15 is 0 Å². The van der Waals surface area contributed by atoms with Crippen LogP contribution in [0.2, 0.25) is 10.0 Å². The van der Waals surface area contributed by atoms with Gasteiger partial charge in [0.25, 0.3) is 5.69 Å². The van der Waals surface area contributed by atoms with Crippen molar-refractivity contribution in [1.82, 2.24) is 0 Å². The molecule has 0 aliphatic heterocycles. The molecule has 2 aromatic rings. The smallest absolute Gasteiger partial charge is 0.270 e. The van der Waals surface area contributed by atoms with E-state index in [9.17, 15) is 14.9 Å². The molecule has 2 rings (SSSR count). The van der Waals surface area contributed by atoms with Crippen LogP contribution in [0.1, 0.15) is 5.56 Å². The number of nitrogens with one attached hydrogen (secondary N) is 1. The fourth-order valence-corrected chi connectivity index (χ4v) is 2.63. The predicted octanol–water partition coefficient (Wildman–Crippen LogP) is 5.32. The largest absolute Gasteiger partial charge is 0.321 e. The number of nitrogens with zero attached hydrogens (tertiary/aromatic N) is 1. The lowest BCUT2D eigenvalue weighted by Crippen LogP contribution is -2.08. The Labute approximate surface area is 150 Å². The quantitative estimate of drug-likeness (QED) is 0.417. The zero-order valence-electron chi connectivity index (χ0n) is 11.4. The Morgan fingerprint density at radius 1 is 1.22 bits per heavy atom. The van der Waals surface area contributed by atoms with E-state index in [1.807, 2.05) is 0 Å². The number of nitro groups is 1. The summed E-state index contributed by atoms with van der Waals surface area (Å²) in [6.07, 6.45) is 2.86. The van der Waals surface area contributed by atoms with Gasteiger partial charge in [0, 0.05) is 32.7 Å². The number of carbonyl (C=O) groups excluding carboxylic acids is 1. The molecule has 0 fully saturated rings. The number of amides is 1. The molecule has 1 N–H and O–H groups in total. The van der Waals surface area contributed by atoms with E-state index < -0.39 is 10.8 Å². The Kier molecular flexibility index (Phi) is 5.76. The summed E-state index contributed by atoms with van der Waals surface area (Å²) >= 11 is 15.0. The normalized spacial score (nSPS) is 10.7. The fourth-order valence-electron chi connectivity index (χ4n) is 1.70. The highest BCUT2D eigenvalue weighted by molar-refractivity contribution is 9.10. The summed E-state index contributed by atoms with van der Waals surface area (Å²) in [6, 6.07) is 9.00. The zero-order chi connectivity index (χ0) is 17.0. The molecular weight excluding hydrogens is 407 g/mol. The molecule has 0 aliphatic carbocycles. The van der Waals surface area contributed by atoms with Gasteiger partial charge in [-0.2, -0.15) is 0 Å². The summed E-state index contributed by atoms with van der Waals surface area (Å²) in [7, 11) is 0. The third-order valence-electron chi connectivity index (χ3n) is 2.80. The molecular formula is C15H9BrCl2N2O3. The molecule has 23 heavy (non-hydrogen) atoms. The summed E-state index contributed by atoms with van der Waals surface area (Å²) in [5.74, 6) is -0.398. The molecule has 0 saturated heterocycles. The molecule has 0 radical (unpaired) electrons. The number of anilines is 1. The number of nitro benzene ring substituents is 1. The number of benzene rings is 2. The van der Waals surface area contributed by atoms with Crippen LogP contribution in [0, 0.1) is 10.1 Å². The number of hydrogen-bond acceptors (Lipinski definition) is 3. The minimum atomic E-state index is -0.515. The first-order valence-corrected chi connectivity index (χ1v) is 7.80.